The van der Waals surface area contributed by atoms with Crippen LogP contribution < -0.4 is 5.32 Å². The Hall–Kier alpha value is -0.860. The number of hydrogen-bond acceptors (Lipinski definition) is 3. The first-order chi connectivity index (χ1) is 6.77. The van der Waals surface area contributed by atoms with Gasteiger partial charge in [0.15, 0.2) is 11.2 Å². The number of morpholine rings is 1. The predicted molar refractivity (Wildman–Crippen MR) is 57.8 cm³/mol. The molecule has 0 bridgehead atoms. The van der Waals surface area contributed by atoms with Gasteiger partial charge in [-0.05, 0) is 18.6 Å². The Labute approximate surface area is 89.8 Å². The zero-order valence-electron chi connectivity index (χ0n) is 8.32. The molecule has 1 N–H and O–H groups in total. The van der Waals surface area contributed by atoms with Crippen molar-refractivity contribution >= 4 is 17.3 Å². The third kappa shape index (κ3) is 3.13. The highest BCUT2D eigenvalue weighted by molar-refractivity contribution is 7.80. The maximum Gasteiger partial charge on any atom is 0.169 e. The lowest BCUT2D eigenvalue weighted by molar-refractivity contribution is 0.0263. The SMILES string of the molecule is CCCNC(=S)N1CCOC(C#N)C1. The summed E-state index contributed by atoms with van der Waals surface area (Å²) < 4.78 is 5.22. The van der Waals surface area contributed by atoms with Gasteiger partial charge in [-0.3, -0.25) is 0 Å². The molecule has 1 saturated heterocycles. The van der Waals surface area contributed by atoms with Crippen molar-refractivity contribution < 1.29 is 4.74 Å². The van der Waals surface area contributed by atoms with Crippen LogP contribution in [0.5, 0.6) is 0 Å². The topological polar surface area (TPSA) is 48.3 Å². The molecule has 14 heavy (non-hydrogen) atoms. The van der Waals surface area contributed by atoms with Crippen molar-refractivity contribution in [2.75, 3.05) is 26.2 Å². The van der Waals surface area contributed by atoms with Crippen LogP contribution in [0.4, 0.5) is 0 Å². The van der Waals surface area contributed by atoms with Crippen molar-refractivity contribution in [3.63, 3.8) is 0 Å². The summed E-state index contributed by atoms with van der Waals surface area (Å²) in [7, 11) is 0. The van der Waals surface area contributed by atoms with Gasteiger partial charge in [-0.25, -0.2) is 0 Å². The number of nitrogens with zero attached hydrogens (tertiary/aromatic N) is 2. The number of ether oxygens (including phenoxy) is 1. The first-order valence-corrected chi connectivity index (χ1v) is 5.22. The van der Waals surface area contributed by atoms with Crippen LogP contribution in [0.1, 0.15) is 13.3 Å². The molecule has 0 radical (unpaired) electrons. The quantitative estimate of drug-likeness (QED) is 0.677. The Balaban J connectivity index is 2.36. The summed E-state index contributed by atoms with van der Waals surface area (Å²) in [6.45, 7) is 4.90. The Morgan fingerprint density at radius 2 is 2.57 bits per heavy atom. The van der Waals surface area contributed by atoms with Gasteiger partial charge in [-0.15, -0.1) is 0 Å². The molecule has 0 aliphatic carbocycles. The van der Waals surface area contributed by atoms with Crippen molar-refractivity contribution in [3.8, 4) is 6.07 Å². The van der Waals surface area contributed by atoms with E-state index in [0.717, 1.165) is 24.6 Å². The minimum Gasteiger partial charge on any atom is -0.363 e. The Morgan fingerprint density at radius 3 is 3.21 bits per heavy atom. The third-order valence-electron chi connectivity index (χ3n) is 2.02. The van der Waals surface area contributed by atoms with Gasteiger partial charge in [-0.2, -0.15) is 5.26 Å². The maximum atomic E-state index is 8.70. The van der Waals surface area contributed by atoms with E-state index in [2.05, 4.69) is 18.3 Å². The Morgan fingerprint density at radius 1 is 1.79 bits per heavy atom. The average Bonchev–Trinajstić information content (AvgIpc) is 2.26. The first kappa shape index (κ1) is 11.2. The molecule has 1 fully saturated rings. The van der Waals surface area contributed by atoms with E-state index in [1.807, 2.05) is 4.90 Å². The van der Waals surface area contributed by atoms with E-state index in [1.54, 1.807) is 0 Å². The van der Waals surface area contributed by atoms with E-state index in [-0.39, 0.29) is 6.10 Å². The van der Waals surface area contributed by atoms with E-state index in [4.69, 9.17) is 22.2 Å². The summed E-state index contributed by atoms with van der Waals surface area (Å²) in [4.78, 5) is 1.99. The second-order valence-electron chi connectivity index (χ2n) is 3.17. The van der Waals surface area contributed by atoms with Crippen LogP contribution >= 0.6 is 12.2 Å². The molecule has 0 amide bonds. The lowest BCUT2D eigenvalue weighted by atomic mass is 10.3. The molecule has 0 aromatic rings. The molecule has 0 saturated carbocycles. The molecule has 0 spiro atoms. The Bertz CT molecular complexity index is 239. The van der Waals surface area contributed by atoms with Crippen LogP contribution in [0.15, 0.2) is 0 Å². The fraction of sp³-hybridized carbons (Fsp3) is 0.778. The van der Waals surface area contributed by atoms with Crippen molar-refractivity contribution in [3.05, 3.63) is 0 Å². The molecular formula is C9H15N3OS. The highest BCUT2D eigenvalue weighted by Crippen LogP contribution is 2.04. The molecule has 1 aliphatic heterocycles. The molecule has 0 aromatic heterocycles. The fourth-order valence-electron chi connectivity index (χ4n) is 1.26. The molecule has 5 heteroatoms. The molecule has 1 heterocycles. The van der Waals surface area contributed by atoms with Crippen molar-refractivity contribution in [1.82, 2.24) is 10.2 Å². The zero-order valence-corrected chi connectivity index (χ0v) is 9.14. The summed E-state index contributed by atoms with van der Waals surface area (Å²) in [6, 6.07) is 2.09. The van der Waals surface area contributed by atoms with Gasteiger partial charge in [0, 0.05) is 13.1 Å². The van der Waals surface area contributed by atoms with E-state index < -0.39 is 0 Å². The number of rotatable bonds is 2. The van der Waals surface area contributed by atoms with Crippen molar-refractivity contribution in [2.24, 2.45) is 0 Å². The second kappa shape index (κ2) is 5.78. The number of hydrogen-bond donors (Lipinski definition) is 1. The van der Waals surface area contributed by atoms with Crippen LogP contribution in [0.25, 0.3) is 0 Å². The van der Waals surface area contributed by atoms with Crippen LogP contribution in [0.2, 0.25) is 0 Å². The minimum atomic E-state index is -0.342. The first-order valence-electron chi connectivity index (χ1n) is 4.82. The third-order valence-corrected chi connectivity index (χ3v) is 2.43. The van der Waals surface area contributed by atoms with Crippen molar-refractivity contribution in [2.45, 2.75) is 19.4 Å². The largest absolute Gasteiger partial charge is 0.363 e. The van der Waals surface area contributed by atoms with Crippen LogP contribution in [-0.4, -0.2) is 42.4 Å². The van der Waals surface area contributed by atoms with Gasteiger partial charge < -0.3 is 15.0 Å². The minimum absolute atomic E-state index is 0.342. The summed E-state index contributed by atoms with van der Waals surface area (Å²) in [5.74, 6) is 0. The highest BCUT2D eigenvalue weighted by atomic mass is 32.1. The number of thiocarbonyl (C=S) groups is 1. The molecule has 1 aliphatic rings. The molecular weight excluding hydrogens is 198 g/mol. The summed E-state index contributed by atoms with van der Waals surface area (Å²) >= 11 is 5.19. The standard InChI is InChI=1S/C9H15N3OS/c1-2-3-11-9(14)12-4-5-13-8(6-10)7-12/h8H,2-5,7H2,1H3,(H,11,14). The molecule has 78 valence electrons. The van der Waals surface area contributed by atoms with E-state index in [9.17, 15) is 0 Å². The molecule has 0 aromatic carbocycles. The fourth-order valence-corrected chi connectivity index (χ4v) is 1.52. The van der Waals surface area contributed by atoms with Crippen LogP contribution in [0, 0.1) is 11.3 Å². The zero-order chi connectivity index (χ0) is 10.4. The predicted octanol–water partition coefficient (Wildman–Crippen LogP) is 0.495. The monoisotopic (exact) mass is 213 g/mol. The van der Waals surface area contributed by atoms with Gasteiger partial charge in [0.1, 0.15) is 0 Å². The average molecular weight is 213 g/mol. The van der Waals surface area contributed by atoms with Crippen LogP contribution in [-0.2, 0) is 4.74 Å². The van der Waals surface area contributed by atoms with Gasteiger partial charge in [0.2, 0.25) is 0 Å². The molecule has 1 atom stereocenters. The van der Waals surface area contributed by atoms with Crippen molar-refractivity contribution in [1.29, 1.82) is 5.26 Å². The van der Waals surface area contributed by atoms with Gasteiger partial charge >= 0.3 is 0 Å². The van der Waals surface area contributed by atoms with E-state index >= 15 is 0 Å². The lowest BCUT2D eigenvalue weighted by Gasteiger charge is -2.31. The maximum absolute atomic E-state index is 8.70. The molecule has 1 unspecified atom stereocenters. The highest BCUT2D eigenvalue weighted by Gasteiger charge is 2.21. The summed E-state index contributed by atoms with van der Waals surface area (Å²) in [5, 5.41) is 12.6. The Kier molecular flexibility index (Phi) is 4.63. The van der Waals surface area contributed by atoms with E-state index in [1.165, 1.54) is 0 Å². The van der Waals surface area contributed by atoms with E-state index in [0.29, 0.717) is 13.2 Å². The second-order valence-corrected chi connectivity index (χ2v) is 3.55. The van der Waals surface area contributed by atoms with Gasteiger partial charge in [0.05, 0.1) is 19.2 Å². The summed E-state index contributed by atoms with van der Waals surface area (Å²) in [5.41, 5.74) is 0. The number of nitriles is 1. The lowest BCUT2D eigenvalue weighted by Crippen LogP contribution is -2.49. The van der Waals surface area contributed by atoms with Gasteiger partial charge in [0.25, 0.3) is 0 Å². The van der Waals surface area contributed by atoms with Crippen LogP contribution in [0.3, 0.4) is 0 Å². The molecule has 4 nitrogen and oxygen atoms in total. The smallest absolute Gasteiger partial charge is 0.169 e. The number of nitrogens with one attached hydrogen (secondary N) is 1. The summed E-state index contributed by atoms with van der Waals surface area (Å²) in [6.07, 6.45) is 0.705. The molecule has 1 rings (SSSR count). The van der Waals surface area contributed by atoms with Gasteiger partial charge in [-0.1, -0.05) is 6.92 Å². The normalized spacial score (nSPS) is 21.4.